The Kier molecular flexibility index (Phi) is 57.9. The highest BCUT2D eigenvalue weighted by molar-refractivity contribution is 5.76. The van der Waals surface area contributed by atoms with Crippen molar-refractivity contribution in [1.29, 1.82) is 0 Å². The van der Waals surface area contributed by atoms with Gasteiger partial charge in [-0.3, -0.25) is 4.79 Å². The van der Waals surface area contributed by atoms with Gasteiger partial charge in [-0.1, -0.05) is 281 Å². The van der Waals surface area contributed by atoms with Gasteiger partial charge in [-0.25, -0.2) is 0 Å². The average molecular weight is 991 g/mol. The number of unbranched alkanes of at least 4 members (excludes halogenated alkanes) is 21. The van der Waals surface area contributed by atoms with Crippen LogP contribution in [0, 0.1) is 0 Å². The van der Waals surface area contributed by atoms with Crippen molar-refractivity contribution in [2.45, 2.75) is 257 Å². The average Bonchev–Trinajstić information content (AvgIpc) is 3.39. The van der Waals surface area contributed by atoms with Crippen LogP contribution in [0.4, 0.5) is 0 Å². The maximum absolute atomic E-state index is 12.5. The van der Waals surface area contributed by atoms with Gasteiger partial charge in [-0.2, -0.15) is 0 Å². The van der Waals surface area contributed by atoms with E-state index in [4.69, 9.17) is 0 Å². The molecule has 3 N–H and O–H groups in total. The summed E-state index contributed by atoms with van der Waals surface area (Å²) in [4.78, 5) is 12.5. The molecule has 0 aliphatic heterocycles. The van der Waals surface area contributed by atoms with Crippen LogP contribution in [0.5, 0.6) is 0 Å². The van der Waals surface area contributed by atoms with Crippen molar-refractivity contribution in [3.63, 3.8) is 0 Å². The number of rotatable bonds is 52. The molecule has 4 heteroatoms. The van der Waals surface area contributed by atoms with Crippen molar-refractivity contribution in [2.75, 3.05) is 6.61 Å². The lowest BCUT2D eigenvalue weighted by atomic mass is 10.0. The van der Waals surface area contributed by atoms with E-state index in [0.717, 1.165) is 116 Å². The fourth-order valence-corrected chi connectivity index (χ4v) is 8.02. The molecule has 72 heavy (non-hydrogen) atoms. The van der Waals surface area contributed by atoms with Gasteiger partial charge in [0.25, 0.3) is 0 Å². The van der Waals surface area contributed by atoms with Crippen LogP contribution in [0.2, 0.25) is 0 Å². The fraction of sp³-hybridized carbons (Fsp3) is 0.603. The standard InChI is InChI=1S/C68H111NO3/c1-3-5-7-9-11-13-15-17-19-21-23-25-26-27-28-29-30-31-32-33-34-35-36-37-38-39-40-41-42-44-46-48-50-52-54-56-58-60-62-64-68(72)69-66(65-70)67(71)63-61-59-57-55-53-51-49-47-45-43-24-22-20-18-16-14-12-10-8-6-4-2/h5,7,11,13,17,19,23,25,27-28,30-31,33-34,36-37,39-40,42,44,48,50,53,55,61,63,66-67,70-71H,3-4,6,8-10,12,14-16,18,20-22,24,26,29,32,35,38,41,43,45-47,49,51-52,54,56-60,62,64-65H2,1-2H3,(H,69,72)/b7-5-,13-11-,19-17-,25-23-,28-27-,31-30-,34-33-,37-36-,40-39-,44-42-,50-48-,55-53+,63-61+. The van der Waals surface area contributed by atoms with Crippen LogP contribution >= 0.6 is 0 Å². The van der Waals surface area contributed by atoms with Gasteiger partial charge >= 0.3 is 0 Å². The van der Waals surface area contributed by atoms with Crippen molar-refractivity contribution in [1.82, 2.24) is 5.32 Å². The summed E-state index contributed by atoms with van der Waals surface area (Å²) in [5, 5.41) is 23.1. The highest BCUT2D eigenvalue weighted by atomic mass is 16.3. The summed E-state index contributed by atoms with van der Waals surface area (Å²) in [7, 11) is 0. The molecular formula is C68H111NO3. The maximum Gasteiger partial charge on any atom is 0.220 e. The Hall–Kier alpha value is -3.99. The van der Waals surface area contributed by atoms with Crippen LogP contribution in [-0.2, 0) is 4.79 Å². The SMILES string of the molecule is CC/C=C\C/C=C\C/C=C\C/C=C\C/C=C\C/C=C\C/C=C\C/C=C\C/C=C\C/C=C\C/C=C\CCCCCCCC(=O)NC(CO)C(O)/C=C/CC/C=C/CCCCCCCCCCCCCCCCC. The summed E-state index contributed by atoms with van der Waals surface area (Å²) < 4.78 is 0. The second-order valence-corrected chi connectivity index (χ2v) is 19.3. The van der Waals surface area contributed by atoms with Gasteiger partial charge in [0.15, 0.2) is 0 Å². The molecule has 0 bridgehead atoms. The van der Waals surface area contributed by atoms with Gasteiger partial charge < -0.3 is 15.5 Å². The highest BCUT2D eigenvalue weighted by Gasteiger charge is 2.17. The van der Waals surface area contributed by atoms with Gasteiger partial charge in [0.1, 0.15) is 0 Å². The summed E-state index contributed by atoms with van der Waals surface area (Å²) >= 11 is 0. The molecule has 0 radical (unpaired) electrons. The van der Waals surface area contributed by atoms with E-state index >= 15 is 0 Å². The molecule has 4 nitrogen and oxygen atoms in total. The zero-order chi connectivity index (χ0) is 52.0. The maximum atomic E-state index is 12.5. The normalized spacial score (nSPS) is 14.0. The Bertz CT molecular complexity index is 1540. The first-order valence-corrected chi connectivity index (χ1v) is 29.7. The van der Waals surface area contributed by atoms with Crippen LogP contribution in [0.15, 0.2) is 158 Å². The number of hydrogen-bond donors (Lipinski definition) is 3. The van der Waals surface area contributed by atoms with Gasteiger partial charge in [0.2, 0.25) is 5.91 Å². The van der Waals surface area contributed by atoms with E-state index in [-0.39, 0.29) is 12.5 Å². The molecule has 0 saturated carbocycles. The minimum atomic E-state index is -0.883. The number of nitrogens with one attached hydrogen (secondary N) is 1. The molecule has 0 aliphatic carbocycles. The highest BCUT2D eigenvalue weighted by Crippen LogP contribution is 2.14. The molecule has 0 aromatic carbocycles. The van der Waals surface area contributed by atoms with Crippen molar-refractivity contribution >= 4 is 5.91 Å². The number of carbonyl (C=O) groups is 1. The van der Waals surface area contributed by atoms with Gasteiger partial charge in [-0.15, -0.1) is 0 Å². The third kappa shape index (κ3) is 56.9. The topological polar surface area (TPSA) is 69.6 Å². The quantitative estimate of drug-likeness (QED) is 0.0420. The van der Waals surface area contributed by atoms with Crippen LogP contribution in [0.1, 0.15) is 245 Å². The van der Waals surface area contributed by atoms with E-state index in [2.05, 4.69) is 165 Å². The molecule has 0 aliphatic rings. The van der Waals surface area contributed by atoms with Gasteiger partial charge in [0, 0.05) is 6.42 Å². The number of amides is 1. The van der Waals surface area contributed by atoms with E-state index in [9.17, 15) is 15.0 Å². The lowest BCUT2D eigenvalue weighted by Crippen LogP contribution is -2.45. The van der Waals surface area contributed by atoms with Crippen molar-refractivity contribution in [3.8, 4) is 0 Å². The third-order valence-electron chi connectivity index (χ3n) is 12.5. The molecule has 2 unspecified atom stereocenters. The lowest BCUT2D eigenvalue weighted by molar-refractivity contribution is -0.123. The monoisotopic (exact) mass is 990 g/mol. The fourth-order valence-electron chi connectivity index (χ4n) is 8.02. The van der Waals surface area contributed by atoms with E-state index in [1.165, 1.54) is 109 Å². The first-order chi connectivity index (χ1) is 35.7. The van der Waals surface area contributed by atoms with Crippen LogP contribution in [0.25, 0.3) is 0 Å². The number of aliphatic hydroxyl groups is 2. The predicted octanol–water partition coefficient (Wildman–Crippen LogP) is 20.1. The Labute approximate surface area is 446 Å². The summed E-state index contributed by atoms with van der Waals surface area (Å²) in [6.07, 6.45) is 98.3. The molecule has 0 heterocycles. The number of hydrogen-bond acceptors (Lipinski definition) is 3. The summed E-state index contributed by atoms with van der Waals surface area (Å²) in [5.74, 6) is -0.0982. The molecule has 1 amide bonds. The smallest absolute Gasteiger partial charge is 0.220 e. The first kappa shape index (κ1) is 68.0. The van der Waals surface area contributed by atoms with Crippen molar-refractivity contribution < 1.29 is 15.0 Å². The predicted molar refractivity (Wildman–Crippen MR) is 321 cm³/mol. The molecule has 0 rings (SSSR count). The number of allylic oxidation sites excluding steroid dienone is 25. The van der Waals surface area contributed by atoms with Crippen molar-refractivity contribution in [2.24, 2.45) is 0 Å². The molecule has 0 aromatic rings. The Morgan fingerprint density at radius 3 is 0.972 bits per heavy atom. The summed E-state index contributed by atoms with van der Waals surface area (Å²) in [6, 6.07) is -0.662. The van der Waals surface area contributed by atoms with E-state index in [1.807, 2.05) is 6.08 Å². The minimum Gasteiger partial charge on any atom is -0.394 e. The van der Waals surface area contributed by atoms with E-state index in [1.54, 1.807) is 6.08 Å². The Morgan fingerprint density at radius 1 is 0.347 bits per heavy atom. The second-order valence-electron chi connectivity index (χ2n) is 19.3. The van der Waals surface area contributed by atoms with Crippen LogP contribution in [-0.4, -0.2) is 34.9 Å². The Morgan fingerprint density at radius 2 is 0.625 bits per heavy atom. The van der Waals surface area contributed by atoms with Crippen LogP contribution < -0.4 is 5.32 Å². The van der Waals surface area contributed by atoms with Crippen LogP contribution in [0.3, 0.4) is 0 Å². The van der Waals surface area contributed by atoms with Gasteiger partial charge in [-0.05, 0) is 116 Å². The number of aliphatic hydroxyl groups excluding tert-OH is 2. The van der Waals surface area contributed by atoms with E-state index in [0.29, 0.717) is 6.42 Å². The Balaban J connectivity index is 3.70. The zero-order valence-corrected chi connectivity index (χ0v) is 46.6. The van der Waals surface area contributed by atoms with Gasteiger partial charge in [0.05, 0.1) is 18.8 Å². The molecule has 0 spiro atoms. The minimum absolute atomic E-state index is 0.0982. The number of carbonyl (C=O) groups excluding carboxylic acids is 1. The molecule has 0 fully saturated rings. The zero-order valence-electron chi connectivity index (χ0n) is 46.6. The largest absolute Gasteiger partial charge is 0.394 e. The first-order valence-electron chi connectivity index (χ1n) is 29.7. The molecule has 406 valence electrons. The molecule has 2 atom stereocenters. The van der Waals surface area contributed by atoms with E-state index < -0.39 is 12.1 Å². The van der Waals surface area contributed by atoms with Crippen molar-refractivity contribution in [3.05, 3.63) is 158 Å². The summed E-state index contributed by atoms with van der Waals surface area (Å²) in [5.41, 5.74) is 0. The molecular weight excluding hydrogens is 879 g/mol. The lowest BCUT2D eigenvalue weighted by Gasteiger charge is -2.19. The third-order valence-corrected chi connectivity index (χ3v) is 12.5. The molecule has 0 saturated heterocycles. The second kappa shape index (κ2) is 61.3. The molecule has 0 aromatic heterocycles. The summed E-state index contributed by atoms with van der Waals surface area (Å²) in [6.45, 7) is 4.17.